The Balaban J connectivity index is 1.99. The SMILES string of the molecule is C[C@]12CCCC[C@H](C1)[N+](c1ccccc1)=N2. The predicted octanol–water partition coefficient (Wildman–Crippen LogP) is 3.89. The standard InChI is InChI=1S/C14H19N2/c1-14-10-6-5-9-13(11-14)16(15-14)12-7-3-2-4-8-12/h2-4,7-8,13H,5-6,9-11H2,1H3/q+1/t13-,14+/m1/s1. The Morgan fingerprint density at radius 2 is 2.06 bits per heavy atom. The molecule has 84 valence electrons. The number of benzene rings is 1. The fraction of sp³-hybridized carbons (Fsp3) is 0.571. The first-order valence-electron chi connectivity index (χ1n) is 6.34. The highest BCUT2D eigenvalue weighted by molar-refractivity contribution is 5.28. The molecular formula is C14H19N2+. The molecule has 0 aromatic heterocycles. The van der Waals surface area contributed by atoms with Gasteiger partial charge in [-0.25, -0.2) is 0 Å². The predicted molar refractivity (Wildman–Crippen MR) is 64.1 cm³/mol. The van der Waals surface area contributed by atoms with Gasteiger partial charge in [0.25, 0.3) is 0 Å². The van der Waals surface area contributed by atoms with Crippen LogP contribution in [-0.4, -0.2) is 16.3 Å². The first-order chi connectivity index (χ1) is 7.77. The molecule has 2 aliphatic rings. The number of para-hydroxylation sites is 1. The van der Waals surface area contributed by atoms with E-state index in [0.29, 0.717) is 6.04 Å². The summed E-state index contributed by atoms with van der Waals surface area (Å²) in [4.78, 5) is 0. The minimum atomic E-state index is 0.205. The lowest BCUT2D eigenvalue weighted by Gasteiger charge is -2.11. The Labute approximate surface area is 97.0 Å². The smallest absolute Gasteiger partial charge is 0.0858 e. The van der Waals surface area contributed by atoms with Crippen LogP contribution in [0.15, 0.2) is 35.4 Å². The van der Waals surface area contributed by atoms with Gasteiger partial charge in [-0.15, -0.1) is 0 Å². The fourth-order valence-corrected chi connectivity index (χ4v) is 3.09. The Hall–Kier alpha value is -1.18. The zero-order valence-corrected chi connectivity index (χ0v) is 9.89. The monoisotopic (exact) mass is 215 g/mol. The molecule has 1 heterocycles. The van der Waals surface area contributed by atoms with E-state index in [9.17, 15) is 0 Å². The minimum Gasteiger partial charge on any atom is -0.0858 e. The van der Waals surface area contributed by atoms with E-state index in [1.165, 1.54) is 37.8 Å². The molecule has 2 heteroatoms. The molecule has 0 saturated heterocycles. The molecule has 1 fully saturated rings. The maximum absolute atomic E-state index is 4.95. The Morgan fingerprint density at radius 1 is 1.25 bits per heavy atom. The molecule has 0 N–H and O–H groups in total. The van der Waals surface area contributed by atoms with E-state index in [0.717, 1.165) is 0 Å². The molecule has 0 radical (unpaired) electrons. The first kappa shape index (κ1) is 10.0. The lowest BCUT2D eigenvalue weighted by atomic mass is 9.94. The van der Waals surface area contributed by atoms with Gasteiger partial charge < -0.3 is 0 Å². The minimum absolute atomic E-state index is 0.205. The van der Waals surface area contributed by atoms with E-state index >= 15 is 0 Å². The van der Waals surface area contributed by atoms with E-state index in [4.69, 9.17) is 5.11 Å². The number of hydrogen-bond acceptors (Lipinski definition) is 1. The number of azo groups is 2. The Kier molecular flexibility index (Phi) is 2.31. The summed E-state index contributed by atoms with van der Waals surface area (Å²) in [6, 6.07) is 11.2. The van der Waals surface area contributed by atoms with Crippen LogP contribution in [0.25, 0.3) is 0 Å². The maximum Gasteiger partial charge on any atom is 0.231 e. The number of hydrogen-bond donors (Lipinski definition) is 0. The second-order valence-corrected chi connectivity index (χ2v) is 5.38. The van der Waals surface area contributed by atoms with Gasteiger partial charge in [0.1, 0.15) is 5.54 Å². The molecule has 1 saturated carbocycles. The van der Waals surface area contributed by atoms with Crippen LogP contribution in [0.2, 0.25) is 0 Å². The zero-order valence-electron chi connectivity index (χ0n) is 9.89. The molecule has 0 amide bonds. The third kappa shape index (κ3) is 1.66. The van der Waals surface area contributed by atoms with Gasteiger partial charge in [-0.3, -0.25) is 0 Å². The number of rotatable bonds is 1. The Morgan fingerprint density at radius 3 is 2.88 bits per heavy atom. The Bertz CT molecular complexity index is 410. The third-order valence-electron chi connectivity index (χ3n) is 3.89. The van der Waals surface area contributed by atoms with Crippen molar-refractivity contribution in [1.82, 2.24) is 0 Å². The molecule has 1 aliphatic heterocycles. The largest absolute Gasteiger partial charge is 0.231 e. The zero-order chi connectivity index (χ0) is 11.0. The van der Waals surface area contributed by atoms with Crippen LogP contribution in [0.1, 0.15) is 39.0 Å². The molecule has 1 aromatic rings. The normalized spacial score (nSPS) is 33.3. The number of nitrogens with zero attached hydrogens (tertiary/aromatic N) is 2. The second-order valence-electron chi connectivity index (χ2n) is 5.38. The second kappa shape index (κ2) is 3.69. The lowest BCUT2D eigenvalue weighted by molar-refractivity contribution is -0.540. The molecular weight excluding hydrogens is 196 g/mol. The van der Waals surface area contributed by atoms with Crippen molar-refractivity contribution in [1.29, 1.82) is 0 Å². The molecule has 3 rings (SSSR count). The van der Waals surface area contributed by atoms with Crippen molar-refractivity contribution >= 4 is 5.69 Å². The van der Waals surface area contributed by atoms with Gasteiger partial charge in [-0.05, 0) is 24.9 Å². The van der Waals surface area contributed by atoms with Gasteiger partial charge in [0.2, 0.25) is 5.69 Å². The molecule has 1 aliphatic carbocycles. The average molecular weight is 215 g/mol. The highest BCUT2D eigenvalue weighted by atomic mass is 15.4. The van der Waals surface area contributed by atoms with Gasteiger partial charge in [0.15, 0.2) is 6.04 Å². The van der Waals surface area contributed by atoms with Gasteiger partial charge in [0, 0.05) is 25.0 Å². The lowest BCUT2D eigenvalue weighted by Crippen LogP contribution is -2.19. The summed E-state index contributed by atoms with van der Waals surface area (Å²) in [5.41, 5.74) is 1.47. The van der Waals surface area contributed by atoms with Crippen LogP contribution in [0.4, 0.5) is 5.69 Å². The maximum atomic E-state index is 4.95. The molecule has 2 atom stereocenters. The van der Waals surface area contributed by atoms with E-state index in [1.807, 2.05) is 0 Å². The summed E-state index contributed by atoms with van der Waals surface area (Å²) in [6.07, 6.45) is 6.50. The fourth-order valence-electron chi connectivity index (χ4n) is 3.09. The summed E-state index contributed by atoms with van der Waals surface area (Å²) in [6.45, 7) is 2.31. The van der Waals surface area contributed by atoms with Crippen molar-refractivity contribution in [3.8, 4) is 0 Å². The van der Waals surface area contributed by atoms with Gasteiger partial charge in [-0.2, -0.15) is 0 Å². The summed E-state index contributed by atoms with van der Waals surface area (Å²) >= 11 is 0. The van der Waals surface area contributed by atoms with Gasteiger partial charge >= 0.3 is 0 Å². The van der Waals surface area contributed by atoms with Crippen molar-refractivity contribution in [3.63, 3.8) is 0 Å². The first-order valence-corrected chi connectivity index (χ1v) is 6.34. The van der Waals surface area contributed by atoms with Crippen molar-refractivity contribution in [2.24, 2.45) is 5.11 Å². The highest BCUT2D eigenvalue weighted by Gasteiger charge is 2.45. The highest BCUT2D eigenvalue weighted by Crippen LogP contribution is 2.39. The van der Waals surface area contributed by atoms with E-state index in [2.05, 4.69) is 42.0 Å². The van der Waals surface area contributed by atoms with Gasteiger partial charge in [-0.1, -0.05) is 29.3 Å². The molecule has 2 nitrogen and oxygen atoms in total. The van der Waals surface area contributed by atoms with Crippen LogP contribution in [0.5, 0.6) is 0 Å². The van der Waals surface area contributed by atoms with Crippen LogP contribution >= 0.6 is 0 Å². The molecule has 16 heavy (non-hydrogen) atoms. The number of fused-ring (bicyclic) bond motifs is 2. The van der Waals surface area contributed by atoms with E-state index in [1.54, 1.807) is 0 Å². The van der Waals surface area contributed by atoms with E-state index < -0.39 is 0 Å². The summed E-state index contributed by atoms with van der Waals surface area (Å²) < 4.78 is 2.28. The molecule has 0 spiro atoms. The molecule has 2 bridgehead atoms. The van der Waals surface area contributed by atoms with Crippen molar-refractivity contribution < 1.29 is 4.70 Å². The van der Waals surface area contributed by atoms with Crippen LogP contribution < -0.4 is 0 Å². The van der Waals surface area contributed by atoms with Gasteiger partial charge in [0.05, 0.1) is 0 Å². The third-order valence-corrected chi connectivity index (χ3v) is 3.89. The quantitative estimate of drug-likeness (QED) is 0.632. The van der Waals surface area contributed by atoms with Crippen LogP contribution in [0.3, 0.4) is 0 Å². The van der Waals surface area contributed by atoms with Crippen molar-refractivity contribution in [2.75, 3.05) is 0 Å². The summed E-state index contributed by atoms with van der Waals surface area (Å²) in [5.74, 6) is 0. The molecule has 1 aromatic carbocycles. The van der Waals surface area contributed by atoms with Crippen LogP contribution in [-0.2, 0) is 0 Å². The summed E-state index contributed by atoms with van der Waals surface area (Å²) in [7, 11) is 0. The van der Waals surface area contributed by atoms with Crippen LogP contribution in [0, 0.1) is 0 Å². The van der Waals surface area contributed by atoms with Crippen molar-refractivity contribution in [3.05, 3.63) is 30.3 Å². The molecule has 0 unspecified atom stereocenters. The van der Waals surface area contributed by atoms with E-state index in [-0.39, 0.29) is 5.54 Å². The topological polar surface area (TPSA) is 15.4 Å². The van der Waals surface area contributed by atoms with Crippen molar-refractivity contribution in [2.45, 2.75) is 50.6 Å². The summed E-state index contributed by atoms with van der Waals surface area (Å²) in [5, 5.41) is 4.95. The average Bonchev–Trinajstić information content (AvgIpc) is 2.50.